The Balaban J connectivity index is 2.64. The molecular weight excluding hydrogens is 160 g/mol. The van der Waals surface area contributed by atoms with Gasteiger partial charge >= 0.3 is 0 Å². The largest absolute Gasteiger partial charge is 0.392 e. The second kappa shape index (κ2) is 3.13. The number of hydrogen-bond acceptors (Lipinski definition) is 1. The van der Waals surface area contributed by atoms with Crippen LogP contribution in [-0.4, -0.2) is 11.2 Å². The highest BCUT2D eigenvalue weighted by Crippen LogP contribution is 2.57. The van der Waals surface area contributed by atoms with Gasteiger partial charge in [-0.2, -0.15) is 0 Å². The molecule has 0 radical (unpaired) electrons. The summed E-state index contributed by atoms with van der Waals surface area (Å²) in [6, 6.07) is 0. The first-order valence-corrected chi connectivity index (χ1v) is 5.13. The van der Waals surface area contributed by atoms with Gasteiger partial charge in [0.25, 0.3) is 0 Å². The van der Waals surface area contributed by atoms with Gasteiger partial charge in [0.2, 0.25) is 0 Å². The Morgan fingerprint density at radius 1 is 1.31 bits per heavy atom. The number of aliphatic hydroxyl groups excluding tert-OH is 1. The van der Waals surface area contributed by atoms with E-state index in [4.69, 9.17) is 0 Å². The number of rotatable bonds is 2. The first-order valence-electron chi connectivity index (χ1n) is 5.13. The van der Waals surface area contributed by atoms with Crippen molar-refractivity contribution in [3.63, 3.8) is 0 Å². The summed E-state index contributed by atoms with van der Waals surface area (Å²) in [6.07, 6.45) is -0.197. The zero-order valence-corrected chi connectivity index (χ0v) is 9.46. The number of aliphatic hydroxyl groups is 1. The Morgan fingerprint density at radius 3 is 2.00 bits per heavy atom. The van der Waals surface area contributed by atoms with E-state index in [-0.39, 0.29) is 11.5 Å². The lowest BCUT2D eigenvalue weighted by Crippen LogP contribution is -2.21. The molecule has 76 valence electrons. The minimum atomic E-state index is -0.197. The molecule has 1 nitrogen and oxygen atoms in total. The van der Waals surface area contributed by atoms with Gasteiger partial charge in [-0.25, -0.2) is 0 Å². The average molecular weight is 182 g/mol. The summed E-state index contributed by atoms with van der Waals surface area (Å²) in [6.45, 7) is 14.8. The third-order valence-electron chi connectivity index (χ3n) is 3.06. The molecular formula is C12H22O. The molecule has 0 bridgehead atoms. The van der Waals surface area contributed by atoms with Crippen LogP contribution >= 0.6 is 0 Å². The summed E-state index contributed by atoms with van der Waals surface area (Å²) in [7, 11) is 0. The third kappa shape index (κ3) is 1.96. The predicted molar refractivity (Wildman–Crippen MR) is 56.4 cm³/mol. The predicted octanol–water partition coefficient (Wildman–Crippen LogP) is 2.85. The first-order chi connectivity index (χ1) is 5.76. The minimum Gasteiger partial charge on any atom is -0.392 e. The summed E-state index contributed by atoms with van der Waals surface area (Å²) in [5.41, 5.74) is 1.51. The fourth-order valence-corrected chi connectivity index (χ4v) is 2.26. The fourth-order valence-electron chi connectivity index (χ4n) is 2.26. The Morgan fingerprint density at radius 2 is 1.77 bits per heavy atom. The van der Waals surface area contributed by atoms with E-state index in [1.165, 1.54) is 5.57 Å². The van der Waals surface area contributed by atoms with E-state index in [0.29, 0.717) is 17.8 Å². The monoisotopic (exact) mass is 182 g/mol. The van der Waals surface area contributed by atoms with Gasteiger partial charge in [-0.3, -0.25) is 0 Å². The fraction of sp³-hybridized carbons (Fsp3) is 0.833. The molecule has 0 amide bonds. The van der Waals surface area contributed by atoms with Crippen molar-refractivity contribution in [2.75, 3.05) is 0 Å². The van der Waals surface area contributed by atoms with Gasteiger partial charge < -0.3 is 5.11 Å². The van der Waals surface area contributed by atoms with Crippen LogP contribution in [-0.2, 0) is 0 Å². The molecule has 0 heterocycles. The maximum absolute atomic E-state index is 9.91. The highest BCUT2D eigenvalue weighted by molar-refractivity contribution is 5.31. The summed E-state index contributed by atoms with van der Waals surface area (Å²) >= 11 is 0. The molecule has 0 spiro atoms. The lowest BCUT2D eigenvalue weighted by Gasteiger charge is -2.20. The van der Waals surface area contributed by atoms with Gasteiger partial charge in [-0.15, -0.1) is 0 Å². The average Bonchev–Trinajstić information content (AvgIpc) is 2.58. The molecule has 1 saturated carbocycles. The summed E-state index contributed by atoms with van der Waals surface area (Å²) in [5, 5.41) is 9.91. The standard InChI is InChI=1S/C12H22O/c1-7(2)11(13)9-8(3)10(9)12(4,5)6/h7,9-11,13H,3H2,1-2,4-6H3/t9-,10-,11+/m1/s1. The van der Waals surface area contributed by atoms with E-state index in [2.05, 4.69) is 41.2 Å². The maximum atomic E-state index is 9.91. The third-order valence-corrected chi connectivity index (χ3v) is 3.06. The van der Waals surface area contributed by atoms with Crippen molar-refractivity contribution in [3.05, 3.63) is 12.2 Å². The van der Waals surface area contributed by atoms with Crippen molar-refractivity contribution >= 4 is 0 Å². The molecule has 0 unspecified atom stereocenters. The highest BCUT2D eigenvalue weighted by Gasteiger charge is 2.53. The first kappa shape index (κ1) is 10.8. The molecule has 1 N–H and O–H groups in total. The van der Waals surface area contributed by atoms with Crippen LogP contribution in [0.4, 0.5) is 0 Å². The van der Waals surface area contributed by atoms with Crippen molar-refractivity contribution in [2.45, 2.75) is 40.7 Å². The topological polar surface area (TPSA) is 20.2 Å². The zero-order valence-electron chi connectivity index (χ0n) is 9.46. The lowest BCUT2D eigenvalue weighted by molar-refractivity contribution is 0.0900. The van der Waals surface area contributed by atoms with Crippen LogP contribution in [0.1, 0.15) is 34.6 Å². The van der Waals surface area contributed by atoms with Crippen LogP contribution in [0.2, 0.25) is 0 Å². The zero-order chi connectivity index (χ0) is 10.4. The second-order valence-corrected chi connectivity index (χ2v) is 5.68. The molecule has 13 heavy (non-hydrogen) atoms. The van der Waals surface area contributed by atoms with E-state index in [9.17, 15) is 5.11 Å². The quantitative estimate of drug-likeness (QED) is 0.651. The van der Waals surface area contributed by atoms with Gasteiger partial charge in [0.1, 0.15) is 0 Å². The van der Waals surface area contributed by atoms with Crippen molar-refractivity contribution in [3.8, 4) is 0 Å². The molecule has 0 aromatic rings. The van der Waals surface area contributed by atoms with E-state index in [1.54, 1.807) is 0 Å². The Bertz CT molecular complexity index is 210. The van der Waals surface area contributed by atoms with E-state index in [0.717, 1.165) is 0 Å². The molecule has 1 aliphatic rings. The van der Waals surface area contributed by atoms with Gasteiger partial charge in [-0.1, -0.05) is 46.8 Å². The SMILES string of the molecule is C=C1[C@@H]([C@@H](O)C(C)C)[C@@H]1C(C)(C)C. The van der Waals surface area contributed by atoms with Crippen molar-refractivity contribution in [2.24, 2.45) is 23.2 Å². The Kier molecular flexibility index (Phi) is 2.59. The van der Waals surface area contributed by atoms with E-state index >= 15 is 0 Å². The summed E-state index contributed by atoms with van der Waals surface area (Å²) < 4.78 is 0. The van der Waals surface area contributed by atoms with Crippen molar-refractivity contribution < 1.29 is 5.11 Å². The highest BCUT2D eigenvalue weighted by atomic mass is 16.3. The van der Waals surface area contributed by atoms with E-state index in [1.807, 2.05) is 0 Å². The Hall–Kier alpha value is -0.300. The maximum Gasteiger partial charge on any atom is 0.0634 e. The van der Waals surface area contributed by atoms with Gasteiger partial charge in [0.05, 0.1) is 6.10 Å². The van der Waals surface area contributed by atoms with Gasteiger partial charge in [0, 0.05) is 5.92 Å². The molecule has 0 saturated heterocycles. The molecule has 0 aliphatic heterocycles. The molecule has 1 fully saturated rings. The molecule has 1 rings (SSSR count). The molecule has 1 heteroatoms. The molecule has 0 aromatic carbocycles. The summed E-state index contributed by atoms with van der Waals surface area (Å²) in [5.74, 6) is 1.21. The molecule has 0 aromatic heterocycles. The second-order valence-electron chi connectivity index (χ2n) is 5.68. The minimum absolute atomic E-state index is 0.197. The van der Waals surface area contributed by atoms with Crippen LogP contribution in [0.3, 0.4) is 0 Å². The van der Waals surface area contributed by atoms with Crippen molar-refractivity contribution in [1.82, 2.24) is 0 Å². The van der Waals surface area contributed by atoms with Crippen LogP contribution in [0.5, 0.6) is 0 Å². The van der Waals surface area contributed by atoms with Gasteiger partial charge in [-0.05, 0) is 17.3 Å². The van der Waals surface area contributed by atoms with Crippen LogP contribution < -0.4 is 0 Å². The molecule has 1 aliphatic carbocycles. The molecule has 3 atom stereocenters. The Labute approximate surface area is 81.9 Å². The van der Waals surface area contributed by atoms with E-state index < -0.39 is 0 Å². The normalized spacial score (nSPS) is 30.8. The van der Waals surface area contributed by atoms with Crippen LogP contribution in [0, 0.1) is 23.2 Å². The number of hydrogen-bond donors (Lipinski definition) is 1. The smallest absolute Gasteiger partial charge is 0.0634 e. The summed E-state index contributed by atoms with van der Waals surface area (Å²) in [4.78, 5) is 0. The van der Waals surface area contributed by atoms with Crippen LogP contribution in [0.25, 0.3) is 0 Å². The van der Waals surface area contributed by atoms with Crippen molar-refractivity contribution in [1.29, 1.82) is 0 Å². The van der Waals surface area contributed by atoms with Crippen LogP contribution in [0.15, 0.2) is 12.2 Å². The van der Waals surface area contributed by atoms with Gasteiger partial charge in [0.15, 0.2) is 0 Å². The lowest BCUT2D eigenvalue weighted by atomic mass is 9.86.